The SMILES string of the molecule is C=C(CC)COc1cccc(Cl)c1CNCCC. The monoisotopic (exact) mass is 267 g/mol. The van der Waals surface area contributed by atoms with Crippen LogP contribution < -0.4 is 10.1 Å². The molecule has 100 valence electrons. The maximum Gasteiger partial charge on any atom is 0.125 e. The van der Waals surface area contributed by atoms with Gasteiger partial charge in [-0.2, -0.15) is 0 Å². The Bertz CT molecular complexity index is 390. The highest BCUT2D eigenvalue weighted by atomic mass is 35.5. The average Bonchev–Trinajstić information content (AvgIpc) is 2.38. The van der Waals surface area contributed by atoms with Crippen LogP contribution in [0.3, 0.4) is 0 Å². The minimum absolute atomic E-state index is 0.553. The van der Waals surface area contributed by atoms with Crippen LogP contribution in [0.1, 0.15) is 32.3 Å². The van der Waals surface area contributed by atoms with E-state index in [1.54, 1.807) is 0 Å². The van der Waals surface area contributed by atoms with Crippen molar-refractivity contribution in [1.82, 2.24) is 5.32 Å². The lowest BCUT2D eigenvalue weighted by atomic mass is 10.2. The molecule has 0 unspecified atom stereocenters. The highest BCUT2D eigenvalue weighted by Gasteiger charge is 2.08. The number of ether oxygens (including phenoxy) is 1. The van der Waals surface area contributed by atoms with Gasteiger partial charge >= 0.3 is 0 Å². The summed E-state index contributed by atoms with van der Waals surface area (Å²) in [5.74, 6) is 0.848. The van der Waals surface area contributed by atoms with E-state index in [1.807, 2.05) is 18.2 Å². The number of nitrogens with one attached hydrogen (secondary N) is 1. The molecule has 0 bridgehead atoms. The number of hydrogen-bond donors (Lipinski definition) is 1. The van der Waals surface area contributed by atoms with Crippen molar-refractivity contribution in [2.75, 3.05) is 13.2 Å². The number of benzene rings is 1. The van der Waals surface area contributed by atoms with E-state index in [2.05, 4.69) is 25.7 Å². The summed E-state index contributed by atoms with van der Waals surface area (Å²) in [4.78, 5) is 0. The molecule has 1 rings (SSSR count). The minimum Gasteiger partial charge on any atom is -0.489 e. The first-order chi connectivity index (χ1) is 8.69. The van der Waals surface area contributed by atoms with Crippen molar-refractivity contribution in [2.24, 2.45) is 0 Å². The van der Waals surface area contributed by atoms with Gasteiger partial charge in [-0.1, -0.05) is 38.1 Å². The summed E-state index contributed by atoms with van der Waals surface area (Å²) >= 11 is 6.22. The maximum atomic E-state index is 6.22. The largest absolute Gasteiger partial charge is 0.489 e. The van der Waals surface area contributed by atoms with Gasteiger partial charge in [-0.3, -0.25) is 0 Å². The number of halogens is 1. The third-order valence-corrected chi connectivity index (χ3v) is 3.09. The van der Waals surface area contributed by atoms with E-state index in [0.717, 1.165) is 47.8 Å². The lowest BCUT2D eigenvalue weighted by Crippen LogP contribution is -2.15. The van der Waals surface area contributed by atoms with Crippen LogP contribution >= 0.6 is 11.6 Å². The van der Waals surface area contributed by atoms with Gasteiger partial charge in [0.05, 0.1) is 0 Å². The Morgan fingerprint density at radius 3 is 2.83 bits per heavy atom. The van der Waals surface area contributed by atoms with Crippen LogP contribution in [-0.4, -0.2) is 13.2 Å². The van der Waals surface area contributed by atoms with Crippen LogP contribution in [-0.2, 0) is 6.54 Å². The van der Waals surface area contributed by atoms with E-state index in [9.17, 15) is 0 Å². The first-order valence-corrected chi connectivity index (χ1v) is 6.84. The predicted molar refractivity (Wildman–Crippen MR) is 78.4 cm³/mol. The zero-order valence-electron chi connectivity index (χ0n) is 11.3. The van der Waals surface area contributed by atoms with Crippen LogP contribution in [0.2, 0.25) is 5.02 Å². The standard InChI is InChI=1S/C15H22ClNO/c1-4-9-17-10-13-14(16)7-6-8-15(13)18-11-12(3)5-2/h6-8,17H,3-5,9-11H2,1-2H3. The Morgan fingerprint density at radius 1 is 1.39 bits per heavy atom. The molecule has 1 aromatic rings. The van der Waals surface area contributed by atoms with Crippen molar-refractivity contribution in [2.45, 2.75) is 33.2 Å². The summed E-state index contributed by atoms with van der Waals surface area (Å²) in [5, 5.41) is 4.10. The Kier molecular flexibility index (Phi) is 6.84. The molecule has 0 aliphatic heterocycles. The lowest BCUT2D eigenvalue weighted by molar-refractivity contribution is 0.344. The summed E-state index contributed by atoms with van der Waals surface area (Å²) in [6.45, 7) is 10.4. The zero-order chi connectivity index (χ0) is 13.4. The molecule has 0 heterocycles. The van der Waals surface area contributed by atoms with Crippen molar-refractivity contribution in [3.05, 3.63) is 40.9 Å². The Balaban J connectivity index is 2.70. The van der Waals surface area contributed by atoms with Gasteiger partial charge in [-0.15, -0.1) is 0 Å². The third kappa shape index (κ3) is 4.71. The molecule has 0 saturated carbocycles. The van der Waals surface area contributed by atoms with E-state index in [0.29, 0.717) is 6.61 Å². The third-order valence-electron chi connectivity index (χ3n) is 2.74. The molecule has 0 atom stereocenters. The quantitative estimate of drug-likeness (QED) is 0.563. The Hall–Kier alpha value is -0.990. The second kappa shape index (κ2) is 8.17. The fraction of sp³-hybridized carbons (Fsp3) is 0.467. The van der Waals surface area contributed by atoms with Crippen molar-refractivity contribution in [3.63, 3.8) is 0 Å². The van der Waals surface area contributed by atoms with Gasteiger partial charge < -0.3 is 10.1 Å². The molecule has 0 aliphatic carbocycles. The van der Waals surface area contributed by atoms with E-state index < -0.39 is 0 Å². The van der Waals surface area contributed by atoms with Crippen LogP contribution in [0.5, 0.6) is 5.75 Å². The Morgan fingerprint density at radius 2 is 2.17 bits per heavy atom. The van der Waals surface area contributed by atoms with E-state index >= 15 is 0 Å². The molecule has 0 aliphatic rings. The Labute approximate surface area is 115 Å². The molecule has 0 fully saturated rings. The van der Waals surface area contributed by atoms with E-state index in [4.69, 9.17) is 16.3 Å². The molecule has 1 aromatic carbocycles. The van der Waals surface area contributed by atoms with Crippen LogP contribution in [0.15, 0.2) is 30.4 Å². The van der Waals surface area contributed by atoms with Crippen LogP contribution in [0, 0.1) is 0 Å². The first kappa shape index (κ1) is 15.1. The molecule has 2 nitrogen and oxygen atoms in total. The minimum atomic E-state index is 0.553. The fourth-order valence-electron chi connectivity index (χ4n) is 1.52. The van der Waals surface area contributed by atoms with Gasteiger partial charge in [-0.25, -0.2) is 0 Å². The second-order valence-electron chi connectivity index (χ2n) is 4.29. The zero-order valence-corrected chi connectivity index (χ0v) is 12.0. The molecule has 18 heavy (non-hydrogen) atoms. The van der Waals surface area contributed by atoms with Crippen molar-refractivity contribution in [1.29, 1.82) is 0 Å². The molecule has 0 spiro atoms. The molecule has 0 amide bonds. The van der Waals surface area contributed by atoms with E-state index in [1.165, 1.54) is 0 Å². The van der Waals surface area contributed by atoms with Crippen molar-refractivity contribution >= 4 is 11.6 Å². The molecular weight excluding hydrogens is 246 g/mol. The van der Waals surface area contributed by atoms with Crippen molar-refractivity contribution in [3.8, 4) is 5.75 Å². The van der Waals surface area contributed by atoms with E-state index in [-0.39, 0.29) is 0 Å². The normalized spacial score (nSPS) is 10.4. The van der Waals surface area contributed by atoms with Gasteiger partial charge in [0.2, 0.25) is 0 Å². The van der Waals surface area contributed by atoms with Crippen LogP contribution in [0.25, 0.3) is 0 Å². The molecule has 0 radical (unpaired) electrons. The summed E-state index contributed by atoms with van der Waals surface area (Å²) < 4.78 is 5.78. The molecule has 3 heteroatoms. The average molecular weight is 268 g/mol. The molecule has 0 saturated heterocycles. The maximum absolute atomic E-state index is 6.22. The fourth-order valence-corrected chi connectivity index (χ4v) is 1.75. The molecule has 1 N–H and O–H groups in total. The highest BCUT2D eigenvalue weighted by molar-refractivity contribution is 6.31. The van der Waals surface area contributed by atoms with Gasteiger partial charge in [0, 0.05) is 17.1 Å². The highest BCUT2D eigenvalue weighted by Crippen LogP contribution is 2.26. The summed E-state index contributed by atoms with van der Waals surface area (Å²) in [7, 11) is 0. The van der Waals surface area contributed by atoms with Crippen molar-refractivity contribution < 1.29 is 4.74 Å². The second-order valence-corrected chi connectivity index (χ2v) is 4.69. The first-order valence-electron chi connectivity index (χ1n) is 6.46. The van der Waals surface area contributed by atoms with Gasteiger partial charge in [-0.05, 0) is 37.1 Å². The van der Waals surface area contributed by atoms with Gasteiger partial charge in [0.1, 0.15) is 12.4 Å². The molecular formula is C15H22ClNO. The number of hydrogen-bond acceptors (Lipinski definition) is 2. The molecule has 0 aromatic heterocycles. The summed E-state index contributed by atoms with van der Waals surface area (Å²) in [5.41, 5.74) is 2.11. The van der Waals surface area contributed by atoms with Gasteiger partial charge in [0.25, 0.3) is 0 Å². The smallest absolute Gasteiger partial charge is 0.125 e. The number of rotatable bonds is 8. The van der Waals surface area contributed by atoms with Crippen LogP contribution in [0.4, 0.5) is 0 Å². The lowest BCUT2D eigenvalue weighted by Gasteiger charge is -2.14. The van der Waals surface area contributed by atoms with Gasteiger partial charge in [0.15, 0.2) is 0 Å². The topological polar surface area (TPSA) is 21.3 Å². The summed E-state index contributed by atoms with van der Waals surface area (Å²) in [6.07, 6.45) is 2.04. The predicted octanol–water partition coefficient (Wildman–Crippen LogP) is 4.18. The summed E-state index contributed by atoms with van der Waals surface area (Å²) in [6, 6.07) is 5.76.